The number of fused-ring (bicyclic) bond motifs is 1. The largest absolute Gasteiger partial charge is 0.401 e. The summed E-state index contributed by atoms with van der Waals surface area (Å²) in [6.45, 7) is 1.60. The van der Waals surface area contributed by atoms with Crippen LogP contribution in [0.4, 0.5) is 6.01 Å². The molecular weight excluding hydrogens is 382 g/mol. The average molecular weight is 399 g/mol. The minimum Gasteiger partial charge on any atom is -0.401 e. The van der Waals surface area contributed by atoms with Crippen LogP contribution in [0.5, 0.6) is 0 Å². The Kier molecular flexibility index (Phi) is 4.14. The third kappa shape index (κ3) is 3.01. The van der Waals surface area contributed by atoms with Crippen LogP contribution >= 0.6 is 0 Å². The number of nitrogens with zero attached hydrogens (tertiary/aromatic N) is 8. The van der Waals surface area contributed by atoms with Gasteiger partial charge in [-0.25, -0.2) is 9.78 Å². The highest BCUT2D eigenvalue weighted by Gasteiger charge is 2.18. The quantitative estimate of drug-likeness (QED) is 0.467. The lowest BCUT2D eigenvalue weighted by molar-refractivity contribution is -0.116. The van der Waals surface area contributed by atoms with E-state index in [1.165, 1.54) is 29.6 Å². The average Bonchev–Trinajstić information content (AvgIpc) is 3.37. The SMILES string of the molecule is Cc1cc(-c2nnc(NC(=O)Cn3cnc4c3c(=O)n(C)c(=O)n4C)o2)n(C)n1. The molecule has 0 saturated carbocycles. The zero-order valence-electron chi connectivity index (χ0n) is 16.1. The number of amides is 1. The van der Waals surface area contributed by atoms with E-state index in [9.17, 15) is 14.4 Å². The minimum atomic E-state index is -0.542. The molecule has 4 aromatic rings. The Morgan fingerprint density at radius 2 is 1.93 bits per heavy atom. The van der Waals surface area contributed by atoms with Gasteiger partial charge in [-0.15, -0.1) is 5.10 Å². The minimum absolute atomic E-state index is 0.0893. The van der Waals surface area contributed by atoms with Crippen LogP contribution in [-0.2, 0) is 32.5 Å². The number of anilines is 1. The number of hydrogen-bond acceptors (Lipinski definition) is 8. The van der Waals surface area contributed by atoms with Crippen LogP contribution in [0.1, 0.15) is 5.69 Å². The smallest absolute Gasteiger partial charge is 0.332 e. The van der Waals surface area contributed by atoms with Gasteiger partial charge in [0.05, 0.1) is 12.0 Å². The standard InChI is InChI=1S/C16H17N9O4/c1-8-5-9(24(4)21-8)13-19-20-15(29-13)18-10(26)6-25-7-17-12-11(25)14(27)23(3)16(28)22(12)2/h5,7H,6H2,1-4H3,(H,18,20,26). The molecule has 0 spiro atoms. The molecule has 1 amide bonds. The number of nitrogens with one attached hydrogen (secondary N) is 1. The van der Waals surface area contributed by atoms with E-state index in [-0.39, 0.29) is 29.6 Å². The Bertz CT molecular complexity index is 1370. The number of carbonyl (C=O) groups is 1. The van der Waals surface area contributed by atoms with Crippen LogP contribution in [0.2, 0.25) is 0 Å². The van der Waals surface area contributed by atoms with Crippen molar-refractivity contribution in [2.75, 3.05) is 5.32 Å². The summed E-state index contributed by atoms with van der Waals surface area (Å²) in [5.74, 6) is -0.294. The van der Waals surface area contributed by atoms with Gasteiger partial charge in [0.2, 0.25) is 5.91 Å². The van der Waals surface area contributed by atoms with E-state index < -0.39 is 17.2 Å². The molecule has 0 aliphatic heterocycles. The van der Waals surface area contributed by atoms with E-state index in [1.807, 2.05) is 6.92 Å². The summed E-state index contributed by atoms with van der Waals surface area (Å²) in [4.78, 5) is 40.9. The maximum Gasteiger partial charge on any atom is 0.332 e. The molecule has 13 nitrogen and oxygen atoms in total. The molecule has 29 heavy (non-hydrogen) atoms. The van der Waals surface area contributed by atoms with Gasteiger partial charge in [-0.2, -0.15) is 5.10 Å². The second kappa shape index (κ2) is 6.54. The molecule has 0 aromatic carbocycles. The first-order valence-corrected chi connectivity index (χ1v) is 8.51. The molecule has 4 heterocycles. The first-order chi connectivity index (χ1) is 13.8. The van der Waals surface area contributed by atoms with Gasteiger partial charge in [-0.1, -0.05) is 5.10 Å². The summed E-state index contributed by atoms with van der Waals surface area (Å²) in [5, 5.41) is 14.4. The number of aromatic nitrogens is 8. The first kappa shape index (κ1) is 18.3. The molecule has 1 N–H and O–H groups in total. The molecule has 0 aliphatic carbocycles. The maximum atomic E-state index is 12.4. The van der Waals surface area contributed by atoms with Gasteiger partial charge in [0.1, 0.15) is 12.2 Å². The lowest BCUT2D eigenvalue weighted by atomic mass is 10.4. The van der Waals surface area contributed by atoms with Gasteiger partial charge < -0.3 is 8.98 Å². The van der Waals surface area contributed by atoms with Gasteiger partial charge in [0.25, 0.3) is 11.4 Å². The molecule has 150 valence electrons. The Morgan fingerprint density at radius 1 is 1.17 bits per heavy atom. The van der Waals surface area contributed by atoms with Gasteiger partial charge in [0, 0.05) is 21.1 Å². The molecule has 13 heteroatoms. The number of imidazole rings is 1. The van der Waals surface area contributed by atoms with Crippen molar-refractivity contribution in [3.05, 3.63) is 38.9 Å². The number of carbonyl (C=O) groups excluding carboxylic acids is 1. The Labute approximate surface area is 162 Å². The molecule has 0 fully saturated rings. The van der Waals surface area contributed by atoms with Crippen LogP contribution in [-0.4, -0.2) is 44.6 Å². The van der Waals surface area contributed by atoms with E-state index >= 15 is 0 Å². The number of rotatable bonds is 4. The van der Waals surface area contributed by atoms with E-state index in [4.69, 9.17) is 4.42 Å². The second-order valence-electron chi connectivity index (χ2n) is 6.51. The van der Waals surface area contributed by atoms with Crippen LogP contribution in [0.25, 0.3) is 22.7 Å². The second-order valence-corrected chi connectivity index (χ2v) is 6.51. The molecule has 0 bridgehead atoms. The molecular formula is C16H17N9O4. The predicted octanol–water partition coefficient (Wildman–Crippen LogP) is -0.836. The molecule has 0 saturated heterocycles. The summed E-state index contributed by atoms with van der Waals surface area (Å²) in [5.41, 5.74) is 0.690. The molecule has 0 unspecified atom stereocenters. The molecule has 0 radical (unpaired) electrons. The van der Waals surface area contributed by atoms with Gasteiger partial charge in [-0.3, -0.25) is 28.7 Å². The maximum absolute atomic E-state index is 12.4. The van der Waals surface area contributed by atoms with Crippen molar-refractivity contribution in [1.29, 1.82) is 0 Å². The Hall–Kier alpha value is -4.03. The Balaban J connectivity index is 1.58. The van der Waals surface area contributed by atoms with Crippen molar-refractivity contribution in [1.82, 2.24) is 38.7 Å². The first-order valence-electron chi connectivity index (χ1n) is 8.51. The lowest BCUT2D eigenvalue weighted by Gasteiger charge is -2.06. The van der Waals surface area contributed by atoms with E-state index in [1.54, 1.807) is 17.8 Å². The summed E-state index contributed by atoms with van der Waals surface area (Å²) >= 11 is 0. The fraction of sp³-hybridized carbons (Fsp3) is 0.312. The summed E-state index contributed by atoms with van der Waals surface area (Å²) in [6, 6.07) is 1.69. The van der Waals surface area contributed by atoms with Crippen molar-refractivity contribution in [3.8, 4) is 11.6 Å². The number of aryl methyl sites for hydroxylation is 3. The van der Waals surface area contributed by atoms with Crippen LogP contribution in [0, 0.1) is 6.92 Å². The zero-order chi connectivity index (χ0) is 20.9. The lowest BCUT2D eigenvalue weighted by Crippen LogP contribution is -2.37. The van der Waals surface area contributed by atoms with E-state index in [0.717, 1.165) is 10.3 Å². The topological polar surface area (TPSA) is 148 Å². The zero-order valence-corrected chi connectivity index (χ0v) is 16.1. The number of hydrogen-bond donors (Lipinski definition) is 1. The Morgan fingerprint density at radius 3 is 2.62 bits per heavy atom. The molecule has 0 atom stereocenters. The highest BCUT2D eigenvalue weighted by molar-refractivity contribution is 5.89. The van der Waals surface area contributed by atoms with Crippen molar-refractivity contribution >= 4 is 23.1 Å². The molecule has 4 rings (SSSR count). The van der Waals surface area contributed by atoms with Crippen LogP contribution < -0.4 is 16.6 Å². The molecule has 0 aliphatic rings. The van der Waals surface area contributed by atoms with Gasteiger partial charge in [0.15, 0.2) is 11.2 Å². The van der Waals surface area contributed by atoms with Crippen LogP contribution in [0.3, 0.4) is 0 Å². The van der Waals surface area contributed by atoms with Gasteiger partial charge >= 0.3 is 11.7 Å². The summed E-state index contributed by atoms with van der Waals surface area (Å²) in [6.07, 6.45) is 1.32. The fourth-order valence-corrected chi connectivity index (χ4v) is 3.02. The third-order valence-corrected chi connectivity index (χ3v) is 4.42. The van der Waals surface area contributed by atoms with Crippen molar-refractivity contribution in [2.45, 2.75) is 13.5 Å². The van der Waals surface area contributed by atoms with Crippen molar-refractivity contribution < 1.29 is 9.21 Å². The molecule has 4 aromatic heterocycles. The monoisotopic (exact) mass is 399 g/mol. The van der Waals surface area contributed by atoms with Gasteiger partial charge in [-0.05, 0) is 13.0 Å². The third-order valence-electron chi connectivity index (χ3n) is 4.42. The van der Waals surface area contributed by atoms with E-state index in [0.29, 0.717) is 5.69 Å². The summed E-state index contributed by atoms with van der Waals surface area (Å²) in [7, 11) is 4.60. The predicted molar refractivity (Wildman–Crippen MR) is 100 cm³/mol. The van der Waals surface area contributed by atoms with E-state index in [2.05, 4.69) is 25.6 Å². The van der Waals surface area contributed by atoms with Crippen molar-refractivity contribution in [3.63, 3.8) is 0 Å². The highest BCUT2D eigenvalue weighted by Crippen LogP contribution is 2.20. The summed E-state index contributed by atoms with van der Waals surface area (Å²) < 4.78 is 10.6. The fourth-order valence-electron chi connectivity index (χ4n) is 3.02. The highest BCUT2D eigenvalue weighted by atomic mass is 16.4. The van der Waals surface area contributed by atoms with Crippen molar-refractivity contribution in [2.24, 2.45) is 21.1 Å². The van der Waals surface area contributed by atoms with Crippen LogP contribution in [0.15, 0.2) is 26.4 Å². The normalized spacial score (nSPS) is 11.3.